The van der Waals surface area contributed by atoms with Gasteiger partial charge in [-0.2, -0.15) is 0 Å². The number of benzene rings is 2. The van der Waals surface area contributed by atoms with E-state index in [1.54, 1.807) is 23.8 Å². The van der Waals surface area contributed by atoms with Crippen molar-refractivity contribution < 1.29 is 13.9 Å². The van der Waals surface area contributed by atoms with Crippen LogP contribution in [-0.2, 0) is 6.54 Å². The van der Waals surface area contributed by atoms with Gasteiger partial charge in [-0.15, -0.1) is 0 Å². The molecule has 7 heteroatoms. The van der Waals surface area contributed by atoms with Crippen LogP contribution in [0, 0.1) is 10.6 Å². The largest absolute Gasteiger partial charge is 0.497 e. The van der Waals surface area contributed by atoms with Crippen LogP contribution in [-0.4, -0.2) is 22.6 Å². The summed E-state index contributed by atoms with van der Waals surface area (Å²) in [5.74, 6) is 0.120. The summed E-state index contributed by atoms with van der Waals surface area (Å²) >= 11 is 5.23. The van der Waals surface area contributed by atoms with Gasteiger partial charge < -0.3 is 15.0 Å². The van der Waals surface area contributed by atoms with Crippen molar-refractivity contribution in [3.05, 3.63) is 76.6 Å². The SMILES string of the molecule is COc1ccc(CNC(=O)c2c[nH]c(=S)n2-c2ccc(F)cc2)cc1. The number of aromatic nitrogens is 2. The topological polar surface area (TPSA) is 59.0 Å². The van der Waals surface area contributed by atoms with Crippen molar-refractivity contribution in [2.45, 2.75) is 6.54 Å². The molecule has 5 nitrogen and oxygen atoms in total. The number of hydrogen-bond donors (Lipinski definition) is 2. The maximum Gasteiger partial charge on any atom is 0.270 e. The van der Waals surface area contributed by atoms with Gasteiger partial charge in [0, 0.05) is 18.4 Å². The van der Waals surface area contributed by atoms with Crippen LogP contribution in [0.1, 0.15) is 16.1 Å². The van der Waals surface area contributed by atoms with E-state index in [0.29, 0.717) is 22.7 Å². The standard InChI is InChI=1S/C18H16FN3O2S/c1-24-15-8-2-12(3-9-15)10-20-17(23)16-11-21-18(25)22(16)14-6-4-13(19)5-7-14/h2-9,11H,10H2,1H3,(H,20,23)(H,21,25). The minimum atomic E-state index is -0.351. The number of carbonyl (C=O) groups excluding carboxylic acids is 1. The maximum absolute atomic E-state index is 13.1. The van der Waals surface area contributed by atoms with Crippen LogP contribution in [0.5, 0.6) is 5.75 Å². The number of H-pyrrole nitrogens is 1. The van der Waals surface area contributed by atoms with Crippen molar-refractivity contribution in [1.29, 1.82) is 0 Å². The van der Waals surface area contributed by atoms with Crippen molar-refractivity contribution in [2.24, 2.45) is 0 Å². The van der Waals surface area contributed by atoms with Gasteiger partial charge in [-0.05, 0) is 54.2 Å². The molecular formula is C18H16FN3O2S. The molecule has 0 bridgehead atoms. The summed E-state index contributed by atoms with van der Waals surface area (Å²) in [6.45, 7) is 0.365. The van der Waals surface area contributed by atoms with Gasteiger partial charge in [0.2, 0.25) is 0 Å². The smallest absolute Gasteiger partial charge is 0.270 e. The number of nitrogens with one attached hydrogen (secondary N) is 2. The summed E-state index contributed by atoms with van der Waals surface area (Å²) in [4.78, 5) is 15.4. The molecule has 25 heavy (non-hydrogen) atoms. The number of methoxy groups -OCH3 is 1. The minimum Gasteiger partial charge on any atom is -0.497 e. The molecule has 1 heterocycles. The molecule has 0 saturated carbocycles. The zero-order valence-corrected chi connectivity index (χ0v) is 14.3. The second-order valence-electron chi connectivity index (χ2n) is 5.32. The highest BCUT2D eigenvalue weighted by Gasteiger charge is 2.14. The number of aromatic amines is 1. The third-order valence-corrected chi connectivity index (χ3v) is 4.01. The first-order chi connectivity index (χ1) is 12.1. The Morgan fingerprint density at radius 2 is 1.88 bits per heavy atom. The van der Waals surface area contributed by atoms with E-state index < -0.39 is 0 Å². The molecule has 0 spiro atoms. The monoisotopic (exact) mass is 357 g/mol. The summed E-state index contributed by atoms with van der Waals surface area (Å²) in [5.41, 5.74) is 1.91. The summed E-state index contributed by atoms with van der Waals surface area (Å²) in [6.07, 6.45) is 1.54. The van der Waals surface area contributed by atoms with Crippen LogP contribution >= 0.6 is 12.2 Å². The first-order valence-electron chi connectivity index (χ1n) is 7.56. The molecule has 1 aromatic heterocycles. The molecule has 128 valence electrons. The average Bonchev–Trinajstić information content (AvgIpc) is 3.02. The number of halogens is 1. The van der Waals surface area contributed by atoms with Crippen molar-refractivity contribution >= 4 is 18.1 Å². The zero-order valence-electron chi connectivity index (χ0n) is 13.5. The fourth-order valence-corrected chi connectivity index (χ4v) is 2.66. The Labute approximate surface area is 149 Å². The predicted octanol–water partition coefficient (Wildman–Crippen LogP) is 3.61. The molecule has 0 unspecified atom stereocenters. The Morgan fingerprint density at radius 3 is 2.52 bits per heavy atom. The van der Waals surface area contributed by atoms with Crippen molar-refractivity contribution in [3.8, 4) is 11.4 Å². The van der Waals surface area contributed by atoms with Crippen LogP contribution in [0.3, 0.4) is 0 Å². The maximum atomic E-state index is 13.1. The third kappa shape index (κ3) is 3.77. The number of rotatable bonds is 5. The predicted molar refractivity (Wildman–Crippen MR) is 95.1 cm³/mol. The van der Waals surface area contributed by atoms with Gasteiger partial charge in [-0.25, -0.2) is 4.39 Å². The minimum absolute atomic E-state index is 0.285. The highest BCUT2D eigenvalue weighted by Crippen LogP contribution is 2.15. The van der Waals surface area contributed by atoms with Gasteiger partial charge in [0.15, 0.2) is 4.77 Å². The third-order valence-electron chi connectivity index (χ3n) is 3.71. The van der Waals surface area contributed by atoms with Gasteiger partial charge in [-0.1, -0.05) is 12.1 Å². The van der Waals surface area contributed by atoms with Gasteiger partial charge in [0.1, 0.15) is 17.3 Å². The van der Waals surface area contributed by atoms with Gasteiger partial charge in [0.05, 0.1) is 7.11 Å². The number of hydrogen-bond acceptors (Lipinski definition) is 3. The fraction of sp³-hybridized carbons (Fsp3) is 0.111. The Bertz CT molecular complexity index is 930. The van der Waals surface area contributed by atoms with Crippen molar-refractivity contribution in [1.82, 2.24) is 14.9 Å². The summed E-state index contributed by atoms with van der Waals surface area (Å²) in [7, 11) is 1.60. The molecule has 3 rings (SSSR count). The molecule has 0 aliphatic rings. The lowest BCUT2D eigenvalue weighted by Gasteiger charge is -2.09. The normalized spacial score (nSPS) is 10.5. The molecule has 1 amide bonds. The average molecular weight is 357 g/mol. The first-order valence-corrected chi connectivity index (χ1v) is 7.97. The summed E-state index contributed by atoms with van der Waals surface area (Å²) in [6, 6.07) is 13.2. The van der Waals surface area contributed by atoms with Crippen LogP contribution < -0.4 is 10.1 Å². The Kier molecular flexibility index (Phi) is 4.95. The first kappa shape index (κ1) is 16.9. The van der Waals surface area contributed by atoms with E-state index in [2.05, 4.69) is 10.3 Å². The Balaban J connectivity index is 1.78. The number of amides is 1. The lowest BCUT2D eigenvalue weighted by Crippen LogP contribution is -2.25. The van der Waals surface area contributed by atoms with Crippen LogP contribution in [0.4, 0.5) is 4.39 Å². The zero-order chi connectivity index (χ0) is 17.8. The molecule has 2 aromatic carbocycles. The van der Waals surface area contributed by atoms with Crippen molar-refractivity contribution in [2.75, 3.05) is 7.11 Å². The summed E-state index contributed by atoms with van der Waals surface area (Å²) < 4.78 is 20.2. The van der Waals surface area contributed by atoms with E-state index >= 15 is 0 Å². The number of ether oxygens (including phenoxy) is 1. The van der Waals surface area contributed by atoms with Crippen LogP contribution in [0.25, 0.3) is 5.69 Å². The quantitative estimate of drug-likeness (QED) is 0.686. The Morgan fingerprint density at radius 1 is 1.20 bits per heavy atom. The van der Waals surface area contributed by atoms with E-state index in [9.17, 15) is 9.18 Å². The van der Waals surface area contributed by atoms with Crippen molar-refractivity contribution in [3.63, 3.8) is 0 Å². The van der Waals surface area contributed by atoms with E-state index in [1.165, 1.54) is 18.3 Å². The molecule has 2 N–H and O–H groups in total. The highest BCUT2D eigenvalue weighted by molar-refractivity contribution is 7.71. The lowest BCUT2D eigenvalue weighted by atomic mass is 10.2. The van der Waals surface area contributed by atoms with E-state index in [4.69, 9.17) is 17.0 Å². The van der Waals surface area contributed by atoms with Crippen LogP contribution in [0.15, 0.2) is 54.7 Å². The summed E-state index contributed by atoms with van der Waals surface area (Å²) in [5, 5.41) is 2.85. The number of nitrogens with zero attached hydrogens (tertiary/aromatic N) is 1. The second kappa shape index (κ2) is 7.31. The second-order valence-corrected chi connectivity index (χ2v) is 5.71. The molecule has 0 radical (unpaired) electrons. The molecule has 0 saturated heterocycles. The molecule has 3 aromatic rings. The number of imidazole rings is 1. The van der Waals surface area contributed by atoms with E-state index in [0.717, 1.165) is 11.3 Å². The molecule has 0 aliphatic heterocycles. The highest BCUT2D eigenvalue weighted by atomic mass is 32.1. The fourth-order valence-electron chi connectivity index (χ4n) is 2.40. The molecule has 0 atom stereocenters. The lowest BCUT2D eigenvalue weighted by molar-refractivity contribution is 0.0944. The van der Waals surface area contributed by atoms with Gasteiger partial charge >= 0.3 is 0 Å². The molecular weight excluding hydrogens is 341 g/mol. The van der Waals surface area contributed by atoms with Gasteiger partial charge in [-0.3, -0.25) is 9.36 Å². The number of carbonyl (C=O) groups is 1. The molecule has 0 fully saturated rings. The molecule has 0 aliphatic carbocycles. The van der Waals surface area contributed by atoms with E-state index in [1.807, 2.05) is 24.3 Å². The van der Waals surface area contributed by atoms with E-state index in [-0.39, 0.29) is 11.7 Å². The Hall–Kier alpha value is -2.93. The van der Waals surface area contributed by atoms with Crippen LogP contribution in [0.2, 0.25) is 0 Å². The van der Waals surface area contributed by atoms with Gasteiger partial charge in [0.25, 0.3) is 5.91 Å².